The first-order chi connectivity index (χ1) is 7.89. The van der Waals surface area contributed by atoms with E-state index in [1.165, 1.54) is 70.6 Å². The van der Waals surface area contributed by atoms with E-state index in [0.717, 1.165) is 0 Å². The van der Waals surface area contributed by atoms with Crippen molar-refractivity contribution in [2.24, 2.45) is 5.41 Å². The van der Waals surface area contributed by atoms with Crippen LogP contribution >= 0.6 is 0 Å². The van der Waals surface area contributed by atoms with Gasteiger partial charge in [-0.15, -0.1) is 0 Å². The normalized spacial score (nSPS) is 34.1. The maximum absolute atomic E-state index is 5.88. The summed E-state index contributed by atoms with van der Waals surface area (Å²) in [6.07, 6.45) is 15.8. The van der Waals surface area contributed by atoms with Gasteiger partial charge in [0, 0.05) is 6.04 Å². The fourth-order valence-corrected chi connectivity index (χ4v) is 3.92. The van der Waals surface area contributed by atoms with Crippen LogP contribution in [0, 0.1) is 5.41 Å². The quantitative estimate of drug-likeness (QED) is 0.739. The zero-order chi connectivity index (χ0) is 10.8. The Balaban J connectivity index is 1.47. The van der Waals surface area contributed by atoms with Crippen molar-refractivity contribution in [3.05, 3.63) is 0 Å². The van der Waals surface area contributed by atoms with Crippen LogP contribution in [-0.2, 0) is 4.84 Å². The average Bonchev–Trinajstić information content (AvgIpc) is 2.82. The lowest BCUT2D eigenvalue weighted by molar-refractivity contribution is -0.111. The van der Waals surface area contributed by atoms with Crippen LogP contribution in [0.4, 0.5) is 0 Å². The summed E-state index contributed by atoms with van der Waals surface area (Å²) >= 11 is 0. The third-order valence-corrected chi connectivity index (χ3v) is 5.20. The molecule has 16 heavy (non-hydrogen) atoms. The van der Waals surface area contributed by atoms with Gasteiger partial charge in [-0.05, 0) is 43.9 Å². The van der Waals surface area contributed by atoms with Gasteiger partial charge >= 0.3 is 0 Å². The summed E-state index contributed by atoms with van der Waals surface area (Å²) < 4.78 is 0. The fourth-order valence-electron chi connectivity index (χ4n) is 3.92. The zero-order valence-electron chi connectivity index (χ0n) is 10.3. The van der Waals surface area contributed by atoms with Crippen LogP contribution in [0.2, 0.25) is 0 Å². The molecule has 3 fully saturated rings. The van der Waals surface area contributed by atoms with Gasteiger partial charge in [-0.2, -0.15) is 5.48 Å². The molecule has 1 N–H and O–H groups in total. The second kappa shape index (κ2) is 4.66. The van der Waals surface area contributed by atoms with Crippen LogP contribution in [0.15, 0.2) is 0 Å². The average molecular weight is 223 g/mol. The van der Waals surface area contributed by atoms with Crippen molar-refractivity contribution in [2.75, 3.05) is 0 Å². The van der Waals surface area contributed by atoms with E-state index in [2.05, 4.69) is 5.48 Å². The summed E-state index contributed by atoms with van der Waals surface area (Å²) in [5, 5.41) is 0. The number of hydroxylamine groups is 1. The minimum Gasteiger partial charge on any atom is -0.298 e. The summed E-state index contributed by atoms with van der Waals surface area (Å²) in [5.41, 5.74) is 4.06. The Morgan fingerprint density at radius 2 is 1.56 bits per heavy atom. The van der Waals surface area contributed by atoms with Gasteiger partial charge in [-0.1, -0.05) is 32.1 Å². The maximum atomic E-state index is 5.88. The molecule has 3 saturated carbocycles. The molecule has 1 spiro atoms. The highest BCUT2D eigenvalue weighted by molar-refractivity contribution is 5.00. The topological polar surface area (TPSA) is 21.3 Å². The number of nitrogens with one attached hydrogen (secondary N) is 1. The van der Waals surface area contributed by atoms with Crippen molar-refractivity contribution in [1.29, 1.82) is 0 Å². The van der Waals surface area contributed by atoms with Crippen LogP contribution < -0.4 is 5.48 Å². The molecule has 0 radical (unpaired) electrons. The minimum absolute atomic E-state index is 0.515. The summed E-state index contributed by atoms with van der Waals surface area (Å²) in [6, 6.07) is 0.674. The first-order valence-corrected chi connectivity index (χ1v) is 7.30. The SMILES string of the molecule is C1CCC2(CC1)CCC2NOC1CCCC1. The monoisotopic (exact) mass is 223 g/mol. The molecule has 0 saturated heterocycles. The summed E-state index contributed by atoms with van der Waals surface area (Å²) in [7, 11) is 0. The molecule has 3 aliphatic rings. The summed E-state index contributed by atoms with van der Waals surface area (Å²) in [4.78, 5) is 5.88. The zero-order valence-corrected chi connectivity index (χ0v) is 10.3. The molecule has 3 aliphatic carbocycles. The van der Waals surface area contributed by atoms with Gasteiger partial charge in [-0.25, -0.2) is 0 Å². The number of rotatable bonds is 3. The second-order valence-electron chi connectivity index (χ2n) is 6.16. The molecule has 2 heteroatoms. The molecule has 0 aromatic heterocycles. The highest BCUT2D eigenvalue weighted by atomic mass is 16.7. The van der Waals surface area contributed by atoms with Gasteiger partial charge in [0.2, 0.25) is 0 Å². The Bertz CT molecular complexity index is 229. The van der Waals surface area contributed by atoms with Crippen LogP contribution in [-0.4, -0.2) is 12.1 Å². The van der Waals surface area contributed by atoms with Crippen molar-refractivity contribution in [3.63, 3.8) is 0 Å². The number of hydrogen-bond acceptors (Lipinski definition) is 2. The van der Waals surface area contributed by atoms with Crippen LogP contribution in [0.25, 0.3) is 0 Å². The third-order valence-electron chi connectivity index (χ3n) is 5.20. The Morgan fingerprint density at radius 3 is 2.19 bits per heavy atom. The molecule has 0 amide bonds. The van der Waals surface area contributed by atoms with Crippen molar-refractivity contribution < 1.29 is 4.84 Å². The Labute approximate surface area is 99.1 Å². The third kappa shape index (κ3) is 2.02. The first-order valence-electron chi connectivity index (χ1n) is 7.30. The molecule has 0 aliphatic heterocycles. The van der Waals surface area contributed by atoms with Crippen molar-refractivity contribution in [3.8, 4) is 0 Å². The smallest absolute Gasteiger partial charge is 0.0790 e. The van der Waals surface area contributed by atoms with Gasteiger partial charge in [0.1, 0.15) is 0 Å². The van der Waals surface area contributed by atoms with Crippen molar-refractivity contribution in [2.45, 2.75) is 82.8 Å². The van der Waals surface area contributed by atoms with Crippen molar-refractivity contribution >= 4 is 0 Å². The predicted molar refractivity (Wildman–Crippen MR) is 65.0 cm³/mol. The first kappa shape index (κ1) is 11.0. The molecular formula is C14H25NO. The van der Waals surface area contributed by atoms with Crippen LogP contribution in [0.1, 0.15) is 70.6 Å². The largest absolute Gasteiger partial charge is 0.298 e. The molecule has 1 unspecified atom stereocenters. The molecule has 0 aromatic carbocycles. The van der Waals surface area contributed by atoms with E-state index < -0.39 is 0 Å². The Kier molecular flexibility index (Phi) is 3.21. The van der Waals surface area contributed by atoms with Crippen LogP contribution in [0.5, 0.6) is 0 Å². The molecule has 1 atom stereocenters. The Morgan fingerprint density at radius 1 is 0.812 bits per heavy atom. The molecule has 0 heterocycles. The van der Waals surface area contributed by atoms with E-state index in [1.807, 2.05) is 0 Å². The van der Waals surface area contributed by atoms with Gasteiger partial charge in [0.25, 0.3) is 0 Å². The molecule has 0 aromatic rings. The Hall–Kier alpha value is -0.0800. The van der Waals surface area contributed by atoms with Gasteiger partial charge in [0.15, 0.2) is 0 Å². The summed E-state index contributed by atoms with van der Waals surface area (Å²) in [6.45, 7) is 0. The molecule has 0 bridgehead atoms. The summed E-state index contributed by atoms with van der Waals surface area (Å²) in [5.74, 6) is 0. The molecular weight excluding hydrogens is 198 g/mol. The van der Waals surface area contributed by atoms with E-state index in [0.29, 0.717) is 17.6 Å². The van der Waals surface area contributed by atoms with Crippen LogP contribution in [0.3, 0.4) is 0 Å². The second-order valence-corrected chi connectivity index (χ2v) is 6.16. The maximum Gasteiger partial charge on any atom is 0.0790 e. The predicted octanol–water partition coefficient (Wildman–Crippen LogP) is 3.56. The minimum atomic E-state index is 0.515. The lowest BCUT2D eigenvalue weighted by atomic mass is 9.57. The van der Waals surface area contributed by atoms with E-state index >= 15 is 0 Å². The number of hydrogen-bond donors (Lipinski definition) is 1. The lowest BCUT2D eigenvalue weighted by Crippen LogP contribution is -2.54. The van der Waals surface area contributed by atoms with Gasteiger partial charge < -0.3 is 0 Å². The van der Waals surface area contributed by atoms with Gasteiger partial charge in [-0.3, -0.25) is 4.84 Å². The highest BCUT2D eigenvalue weighted by Gasteiger charge is 2.47. The standard InChI is InChI=1S/C14H25NO/c1-4-9-14(10-5-1)11-8-13(14)15-16-12-6-2-3-7-12/h12-13,15H,1-11H2. The molecule has 2 nitrogen and oxygen atoms in total. The van der Waals surface area contributed by atoms with E-state index in [4.69, 9.17) is 4.84 Å². The lowest BCUT2D eigenvalue weighted by Gasteiger charge is -2.52. The van der Waals surface area contributed by atoms with E-state index in [1.54, 1.807) is 0 Å². The molecule has 92 valence electrons. The highest BCUT2D eigenvalue weighted by Crippen LogP contribution is 2.51. The van der Waals surface area contributed by atoms with E-state index in [-0.39, 0.29) is 0 Å². The fraction of sp³-hybridized carbons (Fsp3) is 1.00. The van der Waals surface area contributed by atoms with E-state index in [9.17, 15) is 0 Å². The molecule has 3 rings (SSSR count). The van der Waals surface area contributed by atoms with Crippen molar-refractivity contribution in [1.82, 2.24) is 5.48 Å². The van der Waals surface area contributed by atoms with Gasteiger partial charge in [0.05, 0.1) is 6.10 Å².